The third kappa shape index (κ3) is 5.58. The van der Waals surface area contributed by atoms with Gasteiger partial charge in [0.1, 0.15) is 0 Å². The normalized spacial score (nSPS) is 11.7. The van der Waals surface area contributed by atoms with Gasteiger partial charge in [-0.3, -0.25) is 9.59 Å². The molecule has 2 amide bonds. The average molecular weight is 374 g/mol. The van der Waals surface area contributed by atoms with Gasteiger partial charge in [-0.2, -0.15) is 0 Å². The van der Waals surface area contributed by atoms with Crippen LogP contribution in [0.25, 0.3) is 0 Å². The van der Waals surface area contributed by atoms with E-state index in [0.29, 0.717) is 5.02 Å². The highest BCUT2D eigenvalue weighted by molar-refractivity contribution is 6.31. The Morgan fingerprint density at radius 3 is 2.27 bits per heavy atom. The first-order chi connectivity index (χ1) is 12.4. The number of para-hydroxylation sites is 1. The maximum atomic E-state index is 12.1. The van der Waals surface area contributed by atoms with E-state index in [9.17, 15) is 9.59 Å². The van der Waals surface area contributed by atoms with Crippen LogP contribution < -0.4 is 16.0 Å². The number of anilines is 1. The van der Waals surface area contributed by atoms with Crippen molar-refractivity contribution in [1.29, 1.82) is 0 Å². The van der Waals surface area contributed by atoms with Crippen LogP contribution in [0.3, 0.4) is 0 Å². The summed E-state index contributed by atoms with van der Waals surface area (Å²) in [5, 5.41) is 9.21. The fraction of sp³-hybridized carbons (Fsp3) is 0.300. The van der Waals surface area contributed by atoms with Crippen molar-refractivity contribution < 1.29 is 9.59 Å². The second kappa shape index (κ2) is 9.36. The van der Waals surface area contributed by atoms with Gasteiger partial charge in [0.05, 0.1) is 13.1 Å². The highest BCUT2D eigenvalue weighted by Gasteiger charge is 2.12. The van der Waals surface area contributed by atoms with Crippen molar-refractivity contribution in [2.75, 3.05) is 18.4 Å². The maximum Gasteiger partial charge on any atom is 0.243 e. The summed E-state index contributed by atoms with van der Waals surface area (Å²) in [6, 6.07) is 13.2. The Labute approximate surface area is 159 Å². The number of halogens is 1. The lowest BCUT2D eigenvalue weighted by Crippen LogP contribution is -2.39. The van der Waals surface area contributed by atoms with E-state index in [-0.39, 0.29) is 30.9 Å². The van der Waals surface area contributed by atoms with Crippen molar-refractivity contribution in [3.63, 3.8) is 0 Å². The van der Waals surface area contributed by atoms with Crippen LogP contribution in [0.4, 0.5) is 5.69 Å². The monoisotopic (exact) mass is 373 g/mol. The first-order valence-electron chi connectivity index (χ1n) is 8.49. The summed E-state index contributed by atoms with van der Waals surface area (Å²) in [5.41, 5.74) is 3.69. The minimum absolute atomic E-state index is 0.0714. The fourth-order valence-electron chi connectivity index (χ4n) is 2.62. The Balaban J connectivity index is 1.78. The number of hydrogen-bond acceptors (Lipinski definition) is 3. The summed E-state index contributed by atoms with van der Waals surface area (Å²) in [6.45, 7) is 5.82. The van der Waals surface area contributed by atoms with Gasteiger partial charge in [-0.05, 0) is 43.5 Å². The van der Waals surface area contributed by atoms with Gasteiger partial charge in [-0.1, -0.05) is 48.0 Å². The van der Waals surface area contributed by atoms with Crippen LogP contribution in [-0.2, 0) is 9.59 Å². The predicted octanol–water partition coefficient (Wildman–Crippen LogP) is 3.36. The third-order valence-electron chi connectivity index (χ3n) is 4.13. The van der Waals surface area contributed by atoms with Crippen LogP contribution >= 0.6 is 11.6 Å². The molecule has 0 unspecified atom stereocenters. The van der Waals surface area contributed by atoms with Gasteiger partial charge in [0.25, 0.3) is 0 Å². The van der Waals surface area contributed by atoms with Gasteiger partial charge in [-0.25, -0.2) is 0 Å². The van der Waals surface area contributed by atoms with Crippen LogP contribution in [-0.4, -0.2) is 24.9 Å². The van der Waals surface area contributed by atoms with Gasteiger partial charge in [-0.15, -0.1) is 0 Å². The molecule has 0 aliphatic heterocycles. The highest BCUT2D eigenvalue weighted by atomic mass is 35.5. The molecular formula is C20H24ClN3O2. The van der Waals surface area contributed by atoms with Gasteiger partial charge in [0.2, 0.25) is 11.8 Å². The molecule has 0 aliphatic carbocycles. The Morgan fingerprint density at radius 2 is 1.62 bits per heavy atom. The molecule has 26 heavy (non-hydrogen) atoms. The molecule has 1 atom stereocenters. The van der Waals surface area contributed by atoms with E-state index in [1.54, 1.807) is 0 Å². The molecule has 0 fully saturated rings. The molecule has 5 nitrogen and oxygen atoms in total. The predicted molar refractivity (Wildman–Crippen MR) is 105 cm³/mol. The average Bonchev–Trinajstić information content (AvgIpc) is 2.61. The maximum absolute atomic E-state index is 12.1. The molecule has 0 heterocycles. The van der Waals surface area contributed by atoms with E-state index < -0.39 is 0 Å². The van der Waals surface area contributed by atoms with Gasteiger partial charge in [0, 0.05) is 16.8 Å². The minimum Gasteiger partial charge on any atom is -0.346 e. The van der Waals surface area contributed by atoms with Crippen molar-refractivity contribution in [1.82, 2.24) is 10.6 Å². The van der Waals surface area contributed by atoms with E-state index in [1.165, 1.54) is 0 Å². The number of carbonyl (C=O) groups is 2. The number of benzene rings is 2. The molecule has 0 radical (unpaired) electrons. The van der Waals surface area contributed by atoms with Crippen LogP contribution in [0.2, 0.25) is 5.02 Å². The van der Waals surface area contributed by atoms with Crippen LogP contribution in [0.5, 0.6) is 0 Å². The SMILES string of the molecule is Cc1cccc(C)c1NC(=O)CNC(=O)CN[C@@H](C)c1ccccc1Cl. The Morgan fingerprint density at radius 1 is 0.962 bits per heavy atom. The summed E-state index contributed by atoms with van der Waals surface area (Å²) in [6.07, 6.45) is 0. The van der Waals surface area contributed by atoms with E-state index in [4.69, 9.17) is 11.6 Å². The number of aryl methyl sites for hydroxylation is 2. The van der Waals surface area contributed by atoms with E-state index >= 15 is 0 Å². The van der Waals surface area contributed by atoms with Gasteiger partial charge < -0.3 is 16.0 Å². The summed E-state index contributed by atoms with van der Waals surface area (Å²) in [7, 11) is 0. The van der Waals surface area contributed by atoms with Crippen molar-refractivity contribution in [2.24, 2.45) is 0 Å². The zero-order valence-electron chi connectivity index (χ0n) is 15.2. The number of rotatable bonds is 7. The smallest absolute Gasteiger partial charge is 0.243 e. The quantitative estimate of drug-likeness (QED) is 0.697. The summed E-state index contributed by atoms with van der Waals surface area (Å²) < 4.78 is 0. The van der Waals surface area contributed by atoms with Crippen LogP contribution in [0.1, 0.15) is 29.7 Å². The molecule has 0 aromatic heterocycles. The summed E-state index contributed by atoms with van der Waals surface area (Å²) in [5.74, 6) is -0.504. The van der Waals surface area contributed by atoms with E-state index in [2.05, 4.69) is 16.0 Å². The molecule has 3 N–H and O–H groups in total. The lowest BCUT2D eigenvalue weighted by molar-refractivity contribution is -0.123. The van der Waals surface area contributed by atoms with Crippen molar-refractivity contribution in [2.45, 2.75) is 26.8 Å². The molecular weight excluding hydrogens is 350 g/mol. The number of hydrogen-bond donors (Lipinski definition) is 3. The zero-order valence-corrected chi connectivity index (χ0v) is 16.0. The lowest BCUT2D eigenvalue weighted by Gasteiger charge is -2.15. The molecule has 138 valence electrons. The molecule has 0 saturated carbocycles. The molecule has 6 heteroatoms. The number of amides is 2. The van der Waals surface area contributed by atoms with Crippen molar-refractivity contribution in [3.8, 4) is 0 Å². The van der Waals surface area contributed by atoms with E-state index in [0.717, 1.165) is 22.4 Å². The Bertz CT molecular complexity index is 772. The molecule has 0 aliphatic rings. The first kappa shape index (κ1) is 19.9. The summed E-state index contributed by atoms with van der Waals surface area (Å²) >= 11 is 6.15. The molecule has 0 bridgehead atoms. The fourth-order valence-corrected chi connectivity index (χ4v) is 2.92. The number of nitrogens with one attached hydrogen (secondary N) is 3. The Hall–Kier alpha value is -2.37. The minimum atomic E-state index is -0.255. The second-order valence-corrected chi connectivity index (χ2v) is 6.62. The molecule has 2 aromatic carbocycles. The standard InChI is InChI=1S/C20H24ClN3O2/c1-13-7-6-8-14(2)20(13)24-19(26)12-23-18(25)11-22-15(3)16-9-4-5-10-17(16)21/h4-10,15,22H,11-12H2,1-3H3,(H,23,25)(H,24,26)/t15-/m0/s1. The molecule has 0 saturated heterocycles. The summed E-state index contributed by atoms with van der Waals surface area (Å²) in [4.78, 5) is 24.0. The molecule has 2 rings (SSSR count). The largest absolute Gasteiger partial charge is 0.346 e. The van der Waals surface area contributed by atoms with Crippen LogP contribution in [0, 0.1) is 13.8 Å². The Kier molecular flexibility index (Phi) is 7.18. The second-order valence-electron chi connectivity index (χ2n) is 6.22. The zero-order chi connectivity index (χ0) is 19.1. The third-order valence-corrected chi connectivity index (χ3v) is 4.48. The van der Waals surface area contributed by atoms with Crippen molar-refractivity contribution in [3.05, 3.63) is 64.2 Å². The highest BCUT2D eigenvalue weighted by Crippen LogP contribution is 2.22. The first-order valence-corrected chi connectivity index (χ1v) is 8.87. The number of carbonyl (C=O) groups excluding carboxylic acids is 2. The molecule has 2 aromatic rings. The van der Waals surface area contributed by atoms with Gasteiger partial charge >= 0.3 is 0 Å². The van der Waals surface area contributed by atoms with Gasteiger partial charge in [0.15, 0.2) is 0 Å². The van der Waals surface area contributed by atoms with Crippen LogP contribution in [0.15, 0.2) is 42.5 Å². The molecule has 0 spiro atoms. The topological polar surface area (TPSA) is 70.2 Å². The van der Waals surface area contributed by atoms with Crippen molar-refractivity contribution >= 4 is 29.1 Å². The van der Waals surface area contributed by atoms with E-state index in [1.807, 2.05) is 63.2 Å². The lowest BCUT2D eigenvalue weighted by atomic mass is 10.1.